The molecule has 112 valence electrons. The molecule has 0 saturated heterocycles. The number of hydrogen-bond donors (Lipinski definition) is 1. The largest absolute Gasteiger partial charge is 0.326 e. The van der Waals surface area contributed by atoms with Crippen molar-refractivity contribution in [2.24, 2.45) is 5.73 Å². The first-order valence-electron chi connectivity index (χ1n) is 7.11. The third kappa shape index (κ3) is 4.27. The number of aromatic nitrogens is 1. The van der Waals surface area contributed by atoms with E-state index >= 15 is 0 Å². The summed E-state index contributed by atoms with van der Waals surface area (Å²) in [7, 11) is 2.07. The van der Waals surface area contributed by atoms with Crippen molar-refractivity contribution in [3.63, 3.8) is 0 Å². The van der Waals surface area contributed by atoms with Gasteiger partial charge in [0.05, 0.1) is 5.69 Å². The van der Waals surface area contributed by atoms with Gasteiger partial charge in [0.1, 0.15) is 0 Å². The molecule has 0 radical (unpaired) electrons. The molecule has 2 unspecified atom stereocenters. The lowest BCUT2D eigenvalue weighted by Gasteiger charge is -2.31. The molecule has 2 atom stereocenters. The minimum atomic E-state index is -0.00160. The van der Waals surface area contributed by atoms with E-state index in [1.807, 2.05) is 50.2 Å². The minimum absolute atomic E-state index is 0.00160. The third-order valence-corrected chi connectivity index (χ3v) is 3.76. The number of nitrogens with two attached hydrogens (primary N) is 1. The number of pyridine rings is 1. The molecule has 0 aliphatic heterocycles. The molecule has 0 fully saturated rings. The van der Waals surface area contributed by atoms with E-state index in [4.69, 9.17) is 17.3 Å². The topological polar surface area (TPSA) is 42.1 Å². The number of halogens is 1. The summed E-state index contributed by atoms with van der Waals surface area (Å²) in [6.07, 6.45) is 0. The fourth-order valence-corrected chi connectivity index (χ4v) is 2.89. The van der Waals surface area contributed by atoms with Crippen LogP contribution in [-0.2, 0) is 6.54 Å². The average Bonchev–Trinajstić information content (AvgIpc) is 2.38. The van der Waals surface area contributed by atoms with Crippen LogP contribution in [0.3, 0.4) is 0 Å². The predicted molar refractivity (Wildman–Crippen MR) is 88.3 cm³/mol. The summed E-state index contributed by atoms with van der Waals surface area (Å²) < 4.78 is 0. The van der Waals surface area contributed by atoms with Crippen molar-refractivity contribution in [3.05, 3.63) is 64.4 Å². The van der Waals surface area contributed by atoms with Gasteiger partial charge in [-0.2, -0.15) is 0 Å². The zero-order chi connectivity index (χ0) is 15.4. The standard InChI is InChI=1S/C17H22ClN3/c1-12-6-4-9-16(20-12)11-21(3)17(13(2)19)14-7-5-8-15(18)10-14/h4-10,13,17H,11,19H2,1-3H3. The lowest BCUT2D eigenvalue weighted by atomic mass is 9.99. The highest BCUT2D eigenvalue weighted by Crippen LogP contribution is 2.25. The van der Waals surface area contributed by atoms with E-state index in [9.17, 15) is 0 Å². The van der Waals surface area contributed by atoms with Crippen LogP contribution in [0.25, 0.3) is 0 Å². The van der Waals surface area contributed by atoms with Crippen molar-refractivity contribution in [2.45, 2.75) is 32.5 Å². The molecule has 0 spiro atoms. The minimum Gasteiger partial charge on any atom is -0.326 e. The second-order valence-electron chi connectivity index (χ2n) is 5.54. The number of likely N-dealkylation sites (N-methyl/N-ethyl adjacent to an activating group) is 1. The summed E-state index contributed by atoms with van der Waals surface area (Å²) in [5, 5.41) is 0.736. The Morgan fingerprint density at radius 2 is 1.95 bits per heavy atom. The molecule has 1 aromatic heterocycles. The van der Waals surface area contributed by atoms with Crippen molar-refractivity contribution in [3.8, 4) is 0 Å². The molecule has 3 nitrogen and oxygen atoms in total. The average molecular weight is 304 g/mol. The van der Waals surface area contributed by atoms with E-state index in [1.165, 1.54) is 0 Å². The van der Waals surface area contributed by atoms with Crippen molar-refractivity contribution in [2.75, 3.05) is 7.05 Å². The SMILES string of the molecule is Cc1cccc(CN(C)C(c2cccc(Cl)c2)C(C)N)n1. The lowest BCUT2D eigenvalue weighted by molar-refractivity contribution is 0.208. The maximum Gasteiger partial charge on any atom is 0.0547 e. The Labute approximate surface area is 131 Å². The van der Waals surface area contributed by atoms with E-state index in [-0.39, 0.29) is 12.1 Å². The summed E-state index contributed by atoms with van der Waals surface area (Å²) in [5.41, 5.74) is 9.41. The van der Waals surface area contributed by atoms with Gasteiger partial charge in [-0.15, -0.1) is 0 Å². The first kappa shape index (κ1) is 16.0. The van der Waals surface area contributed by atoms with Gasteiger partial charge >= 0.3 is 0 Å². The molecule has 0 aliphatic carbocycles. The molecule has 0 bridgehead atoms. The molecular formula is C17H22ClN3. The van der Waals surface area contributed by atoms with Crippen LogP contribution in [0.2, 0.25) is 5.02 Å². The fraction of sp³-hybridized carbons (Fsp3) is 0.353. The van der Waals surface area contributed by atoms with Gasteiger partial charge in [-0.3, -0.25) is 9.88 Å². The quantitative estimate of drug-likeness (QED) is 0.918. The number of hydrogen-bond acceptors (Lipinski definition) is 3. The Balaban J connectivity index is 2.22. The summed E-state index contributed by atoms with van der Waals surface area (Å²) in [4.78, 5) is 6.78. The first-order chi connectivity index (χ1) is 9.97. The first-order valence-corrected chi connectivity index (χ1v) is 7.49. The molecule has 2 rings (SSSR count). The van der Waals surface area contributed by atoms with E-state index in [0.29, 0.717) is 0 Å². The molecular weight excluding hydrogens is 282 g/mol. The van der Waals surface area contributed by atoms with Crippen molar-refractivity contribution in [1.82, 2.24) is 9.88 Å². The Morgan fingerprint density at radius 1 is 1.24 bits per heavy atom. The maximum absolute atomic E-state index is 6.20. The molecule has 1 heterocycles. The van der Waals surface area contributed by atoms with Crippen LogP contribution in [0.1, 0.15) is 29.9 Å². The van der Waals surface area contributed by atoms with Gasteiger partial charge in [0.2, 0.25) is 0 Å². The van der Waals surface area contributed by atoms with Crippen LogP contribution in [-0.4, -0.2) is 23.0 Å². The van der Waals surface area contributed by atoms with Crippen molar-refractivity contribution in [1.29, 1.82) is 0 Å². The number of aryl methyl sites for hydroxylation is 1. The van der Waals surface area contributed by atoms with Gasteiger partial charge in [0.25, 0.3) is 0 Å². The molecule has 0 amide bonds. The molecule has 2 N–H and O–H groups in total. The van der Waals surface area contributed by atoms with Crippen molar-refractivity contribution < 1.29 is 0 Å². The van der Waals surface area contributed by atoms with Gasteiger partial charge < -0.3 is 5.73 Å². The molecule has 0 saturated carbocycles. The van der Waals surface area contributed by atoms with E-state index < -0.39 is 0 Å². The van der Waals surface area contributed by atoms with Crippen LogP contribution in [0.5, 0.6) is 0 Å². The summed E-state index contributed by atoms with van der Waals surface area (Å²) in [6.45, 7) is 4.77. The highest BCUT2D eigenvalue weighted by Gasteiger charge is 2.21. The summed E-state index contributed by atoms with van der Waals surface area (Å²) in [6, 6.07) is 14.1. The van der Waals surface area contributed by atoms with E-state index in [2.05, 4.69) is 23.0 Å². The number of rotatable bonds is 5. The van der Waals surface area contributed by atoms with Gasteiger partial charge in [-0.25, -0.2) is 0 Å². The van der Waals surface area contributed by atoms with Crippen LogP contribution in [0, 0.1) is 6.92 Å². The van der Waals surface area contributed by atoms with Crippen LogP contribution < -0.4 is 5.73 Å². The Morgan fingerprint density at radius 3 is 2.57 bits per heavy atom. The predicted octanol–water partition coefficient (Wildman–Crippen LogP) is 3.56. The van der Waals surface area contributed by atoms with Gasteiger partial charge in [-0.05, 0) is 50.7 Å². The Bertz CT molecular complexity index is 598. The number of nitrogens with zero attached hydrogens (tertiary/aromatic N) is 2. The zero-order valence-corrected chi connectivity index (χ0v) is 13.5. The third-order valence-electron chi connectivity index (χ3n) is 3.52. The van der Waals surface area contributed by atoms with E-state index in [1.54, 1.807) is 0 Å². The fourth-order valence-electron chi connectivity index (χ4n) is 2.69. The highest BCUT2D eigenvalue weighted by molar-refractivity contribution is 6.30. The van der Waals surface area contributed by atoms with Gasteiger partial charge in [-0.1, -0.05) is 29.8 Å². The molecule has 2 aromatic rings. The second-order valence-corrected chi connectivity index (χ2v) is 5.98. The lowest BCUT2D eigenvalue weighted by Crippen LogP contribution is -2.37. The summed E-state index contributed by atoms with van der Waals surface area (Å²) >= 11 is 6.11. The van der Waals surface area contributed by atoms with Crippen LogP contribution in [0.4, 0.5) is 0 Å². The second kappa shape index (κ2) is 7.03. The Hall–Kier alpha value is -1.42. The monoisotopic (exact) mass is 303 g/mol. The van der Waals surface area contributed by atoms with Crippen molar-refractivity contribution >= 4 is 11.6 Å². The molecule has 21 heavy (non-hydrogen) atoms. The zero-order valence-electron chi connectivity index (χ0n) is 12.8. The van der Waals surface area contributed by atoms with Gasteiger partial charge in [0.15, 0.2) is 0 Å². The molecule has 4 heteroatoms. The number of benzene rings is 1. The molecule has 0 aliphatic rings. The molecule has 1 aromatic carbocycles. The van der Waals surface area contributed by atoms with E-state index in [0.717, 1.165) is 28.5 Å². The maximum atomic E-state index is 6.20. The van der Waals surface area contributed by atoms with Crippen LogP contribution >= 0.6 is 11.6 Å². The Kier molecular flexibility index (Phi) is 5.34. The highest BCUT2D eigenvalue weighted by atomic mass is 35.5. The van der Waals surface area contributed by atoms with Crippen LogP contribution in [0.15, 0.2) is 42.5 Å². The van der Waals surface area contributed by atoms with Gasteiger partial charge in [0, 0.05) is 29.3 Å². The summed E-state index contributed by atoms with van der Waals surface area (Å²) in [5.74, 6) is 0. The normalized spacial score (nSPS) is 14.2. The smallest absolute Gasteiger partial charge is 0.0547 e.